The molecule has 0 heteroatoms. The van der Waals surface area contributed by atoms with Crippen molar-refractivity contribution in [2.24, 2.45) is 5.41 Å². The molecule has 0 aromatic heterocycles. The van der Waals surface area contributed by atoms with E-state index in [9.17, 15) is 0 Å². The topological polar surface area (TPSA) is 0 Å². The number of hydrogen-bond donors (Lipinski definition) is 0. The standard InChI is InChI=1S/C11H20/c1-5-8-11(4,9-6-2)10-7-3/h5-6,8-9H,7,10H2,1-4H3. The second-order valence-electron chi connectivity index (χ2n) is 3.26. The normalized spacial score (nSPS) is 17.8. The third kappa shape index (κ3) is 4.02. The molecule has 0 saturated carbocycles. The fourth-order valence-electron chi connectivity index (χ4n) is 1.52. The van der Waals surface area contributed by atoms with Crippen LogP contribution in [0.2, 0.25) is 0 Å². The van der Waals surface area contributed by atoms with Crippen LogP contribution in [-0.2, 0) is 0 Å². The fraction of sp³-hybridized carbons (Fsp3) is 0.636. The highest BCUT2D eigenvalue weighted by Crippen LogP contribution is 2.26. The van der Waals surface area contributed by atoms with Crippen LogP contribution in [0.25, 0.3) is 0 Å². The zero-order valence-corrected chi connectivity index (χ0v) is 8.22. The number of allylic oxidation sites excluding steroid dienone is 4. The van der Waals surface area contributed by atoms with Gasteiger partial charge in [0.05, 0.1) is 0 Å². The lowest BCUT2D eigenvalue weighted by Gasteiger charge is -2.20. The lowest BCUT2D eigenvalue weighted by Crippen LogP contribution is -2.08. The first kappa shape index (κ1) is 10.5. The van der Waals surface area contributed by atoms with Crippen molar-refractivity contribution in [3.8, 4) is 0 Å². The highest BCUT2D eigenvalue weighted by atomic mass is 14.2. The van der Waals surface area contributed by atoms with Crippen LogP contribution in [0, 0.1) is 5.41 Å². The van der Waals surface area contributed by atoms with Gasteiger partial charge in [-0.1, -0.05) is 44.6 Å². The molecule has 0 fully saturated rings. The molecule has 11 heavy (non-hydrogen) atoms. The molecular formula is C11H20. The summed E-state index contributed by atoms with van der Waals surface area (Å²) in [7, 11) is 0. The Morgan fingerprint density at radius 1 is 1.09 bits per heavy atom. The predicted octanol–water partition coefficient (Wildman–Crippen LogP) is 3.95. The van der Waals surface area contributed by atoms with Gasteiger partial charge in [-0.05, 0) is 20.3 Å². The first-order chi connectivity index (χ1) is 5.18. The van der Waals surface area contributed by atoms with Crippen molar-refractivity contribution in [2.45, 2.75) is 40.5 Å². The van der Waals surface area contributed by atoms with Gasteiger partial charge in [-0.2, -0.15) is 0 Å². The molecule has 0 saturated heterocycles. The van der Waals surface area contributed by atoms with E-state index in [0.717, 1.165) is 0 Å². The van der Waals surface area contributed by atoms with E-state index in [1.54, 1.807) is 0 Å². The molecular weight excluding hydrogens is 132 g/mol. The van der Waals surface area contributed by atoms with Gasteiger partial charge in [0.1, 0.15) is 0 Å². The lowest BCUT2D eigenvalue weighted by atomic mass is 9.85. The van der Waals surface area contributed by atoms with Crippen molar-refractivity contribution in [3.05, 3.63) is 24.3 Å². The van der Waals surface area contributed by atoms with E-state index < -0.39 is 0 Å². The molecule has 0 bridgehead atoms. The van der Waals surface area contributed by atoms with Gasteiger partial charge in [0, 0.05) is 5.41 Å². The summed E-state index contributed by atoms with van der Waals surface area (Å²) in [5, 5.41) is 0. The van der Waals surface area contributed by atoms with Crippen LogP contribution in [0.5, 0.6) is 0 Å². The minimum atomic E-state index is 0.290. The molecule has 0 nitrogen and oxygen atoms in total. The molecule has 0 atom stereocenters. The molecule has 0 spiro atoms. The van der Waals surface area contributed by atoms with Crippen molar-refractivity contribution in [3.63, 3.8) is 0 Å². The Kier molecular flexibility index (Phi) is 4.93. The molecule has 0 aliphatic heterocycles. The molecule has 0 amide bonds. The van der Waals surface area contributed by atoms with Crippen LogP contribution < -0.4 is 0 Å². The summed E-state index contributed by atoms with van der Waals surface area (Å²) >= 11 is 0. The van der Waals surface area contributed by atoms with Gasteiger partial charge in [-0.25, -0.2) is 0 Å². The summed E-state index contributed by atoms with van der Waals surface area (Å²) in [6.45, 7) is 8.66. The lowest BCUT2D eigenvalue weighted by molar-refractivity contribution is 0.491. The molecule has 0 aliphatic rings. The van der Waals surface area contributed by atoms with E-state index in [2.05, 4.69) is 52.0 Å². The first-order valence-corrected chi connectivity index (χ1v) is 4.46. The van der Waals surface area contributed by atoms with Crippen LogP contribution in [0.15, 0.2) is 24.3 Å². The summed E-state index contributed by atoms with van der Waals surface area (Å²) in [6.07, 6.45) is 11.3. The van der Waals surface area contributed by atoms with E-state index in [-0.39, 0.29) is 5.41 Å². The maximum Gasteiger partial charge on any atom is 0.00323 e. The van der Waals surface area contributed by atoms with Crippen LogP contribution >= 0.6 is 0 Å². The molecule has 0 unspecified atom stereocenters. The Morgan fingerprint density at radius 3 is 1.82 bits per heavy atom. The highest BCUT2D eigenvalue weighted by molar-refractivity contribution is 5.07. The number of hydrogen-bond acceptors (Lipinski definition) is 0. The average molecular weight is 152 g/mol. The van der Waals surface area contributed by atoms with Gasteiger partial charge in [0.2, 0.25) is 0 Å². The fourth-order valence-corrected chi connectivity index (χ4v) is 1.52. The monoisotopic (exact) mass is 152 g/mol. The van der Waals surface area contributed by atoms with Crippen molar-refractivity contribution >= 4 is 0 Å². The van der Waals surface area contributed by atoms with Gasteiger partial charge in [0.25, 0.3) is 0 Å². The smallest absolute Gasteiger partial charge is 0.00323 e. The molecule has 64 valence electrons. The molecule has 0 N–H and O–H groups in total. The van der Waals surface area contributed by atoms with Crippen LogP contribution in [0.3, 0.4) is 0 Å². The van der Waals surface area contributed by atoms with Gasteiger partial charge in [0.15, 0.2) is 0 Å². The summed E-state index contributed by atoms with van der Waals surface area (Å²) in [4.78, 5) is 0. The highest BCUT2D eigenvalue weighted by Gasteiger charge is 2.13. The zero-order valence-electron chi connectivity index (χ0n) is 8.22. The summed E-state index contributed by atoms with van der Waals surface area (Å²) in [5.74, 6) is 0. The Morgan fingerprint density at radius 2 is 1.55 bits per heavy atom. The molecule has 0 aliphatic carbocycles. The van der Waals surface area contributed by atoms with Crippen molar-refractivity contribution in [1.29, 1.82) is 0 Å². The summed E-state index contributed by atoms with van der Waals surface area (Å²) < 4.78 is 0. The maximum absolute atomic E-state index is 2.27. The largest absolute Gasteiger partial charge is 0.0908 e. The van der Waals surface area contributed by atoms with E-state index in [1.807, 2.05) is 0 Å². The molecule has 0 rings (SSSR count). The zero-order chi connectivity index (χ0) is 8.74. The number of rotatable bonds is 4. The van der Waals surface area contributed by atoms with Crippen LogP contribution in [0.4, 0.5) is 0 Å². The van der Waals surface area contributed by atoms with E-state index >= 15 is 0 Å². The van der Waals surface area contributed by atoms with Gasteiger partial charge in [-0.15, -0.1) is 0 Å². The minimum Gasteiger partial charge on any atom is -0.0908 e. The third-order valence-corrected chi connectivity index (χ3v) is 1.88. The Labute approximate surface area is 71.0 Å². The second kappa shape index (κ2) is 5.17. The van der Waals surface area contributed by atoms with E-state index in [1.165, 1.54) is 12.8 Å². The van der Waals surface area contributed by atoms with Gasteiger partial charge >= 0.3 is 0 Å². The first-order valence-electron chi connectivity index (χ1n) is 4.46. The summed E-state index contributed by atoms with van der Waals surface area (Å²) in [5.41, 5.74) is 0.290. The maximum atomic E-state index is 2.27. The quantitative estimate of drug-likeness (QED) is 0.535. The predicted molar refractivity (Wildman–Crippen MR) is 52.6 cm³/mol. The Bertz CT molecular complexity index is 128. The Balaban J connectivity index is 4.24. The van der Waals surface area contributed by atoms with Crippen molar-refractivity contribution in [1.82, 2.24) is 0 Å². The summed E-state index contributed by atoms with van der Waals surface area (Å²) in [6, 6.07) is 0. The third-order valence-electron chi connectivity index (χ3n) is 1.88. The van der Waals surface area contributed by atoms with Crippen molar-refractivity contribution in [2.75, 3.05) is 0 Å². The van der Waals surface area contributed by atoms with Gasteiger partial charge < -0.3 is 0 Å². The molecule has 0 radical (unpaired) electrons. The molecule has 0 aromatic rings. The minimum absolute atomic E-state index is 0.290. The Hall–Kier alpha value is -0.520. The van der Waals surface area contributed by atoms with E-state index in [0.29, 0.717) is 0 Å². The molecule has 0 heterocycles. The van der Waals surface area contributed by atoms with Crippen LogP contribution in [0.1, 0.15) is 40.5 Å². The van der Waals surface area contributed by atoms with Crippen LogP contribution in [-0.4, -0.2) is 0 Å². The second-order valence-corrected chi connectivity index (χ2v) is 3.26. The van der Waals surface area contributed by atoms with E-state index in [4.69, 9.17) is 0 Å². The molecule has 0 aromatic carbocycles. The SMILES string of the molecule is CC=CC(C)(C=CC)CCC. The van der Waals surface area contributed by atoms with Crippen molar-refractivity contribution < 1.29 is 0 Å². The average Bonchev–Trinajstić information content (AvgIpc) is 1.88. The van der Waals surface area contributed by atoms with Gasteiger partial charge in [-0.3, -0.25) is 0 Å².